The Morgan fingerprint density at radius 1 is 1.28 bits per heavy atom. The van der Waals surface area contributed by atoms with E-state index in [9.17, 15) is 4.79 Å². The monoisotopic (exact) mass is 301 g/mol. The third-order valence-corrected chi connectivity index (χ3v) is 3.64. The number of hydrogen-bond donors (Lipinski definition) is 0. The number of thiophene rings is 1. The molecule has 0 N–H and O–H groups in total. The molecule has 0 saturated heterocycles. The average molecular weight is 302 g/mol. The minimum Gasteiger partial charge on any atom is -0.335 e. The second-order valence-corrected chi connectivity index (χ2v) is 5.80. The van der Waals surface area contributed by atoms with Crippen LogP contribution in [0.5, 0.6) is 0 Å². The molecule has 4 nitrogen and oxygen atoms in total. The highest BCUT2D eigenvalue weighted by atomic mass is 35.5. The molecule has 2 rings (SSSR count). The number of aromatic nitrogens is 2. The second-order valence-electron chi connectivity index (χ2n) is 3.61. The van der Waals surface area contributed by atoms with Crippen LogP contribution in [0, 0.1) is 0 Å². The molecule has 18 heavy (non-hydrogen) atoms. The predicted molar refractivity (Wildman–Crippen MR) is 72.2 cm³/mol. The number of carbonyl (C=O) groups is 1. The van der Waals surface area contributed by atoms with Crippen molar-refractivity contribution in [3.63, 3.8) is 0 Å². The van der Waals surface area contributed by atoms with E-state index >= 15 is 0 Å². The van der Waals surface area contributed by atoms with E-state index in [1.807, 2.05) is 12.1 Å². The lowest BCUT2D eigenvalue weighted by molar-refractivity contribution is 0.0779. The highest BCUT2D eigenvalue weighted by Gasteiger charge is 2.14. The lowest BCUT2D eigenvalue weighted by Crippen LogP contribution is -2.26. The number of rotatable bonds is 3. The van der Waals surface area contributed by atoms with Crippen LogP contribution in [0.4, 0.5) is 0 Å². The van der Waals surface area contributed by atoms with E-state index in [2.05, 4.69) is 10.2 Å². The SMILES string of the molecule is CN(Cc1ccc(Cl)s1)C(=O)c1ccc(Cl)nn1. The summed E-state index contributed by atoms with van der Waals surface area (Å²) in [4.78, 5) is 14.6. The molecule has 0 atom stereocenters. The fourth-order valence-corrected chi connectivity index (χ4v) is 2.61. The Morgan fingerprint density at radius 3 is 2.61 bits per heavy atom. The van der Waals surface area contributed by atoms with E-state index in [1.165, 1.54) is 17.4 Å². The Morgan fingerprint density at radius 2 is 2.06 bits per heavy atom. The van der Waals surface area contributed by atoms with E-state index in [-0.39, 0.29) is 16.8 Å². The topological polar surface area (TPSA) is 46.1 Å². The van der Waals surface area contributed by atoms with Gasteiger partial charge in [0.15, 0.2) is 10.8 Å². The summed E-state index contributed by atoms with van der Waals surface area (Å²) in [6.45, 7) is 0.487. The third kappa shape index (κ3) is 3.19. The normalized spacial score (nSPS) is 10.4. The fourth-order valence-electron chi connectivity index (χ4n) is 1.37. The maximum absolute atomic E-state index is 12.0. The van der Waals surface area contributed by atoms with E-state index in [4.69, 9.17) is 23.2 Å². The van der Waals surface area contributed by atoms with Crippen molar-refractivity contribution < 1.29 is 4.79 Å². The van der Waals surface area contributed by atoms with Gasteiger partial charge in [-0.1, -0.05) is 23.2 Å². The molecule has 0 spiro atoms. The lowest BCUT2D eigenvalue weighted by Gasteiger charge is -2.15. The van der Waals surface area contributed by atoms with Gasteiger partial charge in [0.1, 0.15) is 0 Å². The Kier molecular flexibility index (Phi) is 4.16. The summed E-state index contributed by atoms with van der Waals surface area (Å²) < 4.78 is 0.706. The number of amides is 1. The van der Waals surface area contributed by atoms with Crippen LogP contribution in [0.25, 0.3) is 0 Å². The Bertz CT molecular complexity index is 556. The van der Waals surface area contributed by atoms with Crippen molar-refractivity contribution >= 4 is 40.4 Å². The van der Waals surface area contributed by atoms with Crippen LogP contribution < -0.4 is 0 Å². The van der Waals surface area contributed by atoms with Crippen molar-refractivity contribution in [3.05, 3.63) is 44.3 Å². The van der Waals surface area contributed by atoms with Gasteiger partial charge in [0.05, 0.1) is 10.9 Å². The molecule has 2 aromatic heterocycles. The van der Waals surface area contributed by atoms with E-state index in [0.29, 0.717) is 10.9 Å². The highest BCUT2D eigenvalue weighted by Crippen LogP contribution is 2.22. The Balaban J connectivity index is 2.07. The first-order chi connectivity index (χ1) is 8.56. The van der Waals surface area contributed by atoms with Crippen molar-refractivity contribution in [1.29, 1.82) is 0 Å². The van der Waals surface area contributed by atoms with Gasteiger partial charge >= 0.3 is 0 Å². The minimum atomic E-state index is -0.205. The van der Waals surface area contributed by atoms with Gasteiger partial charge in [-0.05, 0) is 24.3 Å². The van der Waals surface area contributed by atoms with Crippen LogP contribution in [0.2, 0.25) is 9.49 Å². The number of hydrogen-bond acceptors (Lipinski definition) is 4. The van der Waals surface area contributed by atoms with Gasteiger partial charge in [-0.2, -0.15) is 0 Å². The molecule has 0 radical (unpaired) electrons. The molecule has 0 aromatic carbocycles. The fraction of sp³-hybridized carbons (Fsp3) is 0.182. The van der Waals surface area contributed by atoms with E-state index in [0.717, 1.165) is 4.88 Å². The van der Waals surface area contributed by atoms with Gasteiger partial charge in [-0.3, -0.25) is 4.79 Å². The van der Waals surface area contributed by atoms with Gasteiger partial charge in [0.2, 0.25) is 0 Å². The standard InChI is InChI=1S/C11H9Cl2N3OS/c1-16(6-7-2-5-10(13)18-7)11(17)8-3-4-9(12)15-14-8/h2-5H,6H2,1H3. The zero-order valence-electron chi connectivity index (χ0n) is 9.43. The summed E-state index contributed by atoms with van der Waals surface area (Å²) in [5, 5.41) is 7.66. The number of nitrogens with zero attached hydrogens (tertiary/aromatic N) is 3. The molecule has 0 saturated carbocycles. The summed E-state index contributed by atoms with van der Waals surface area (Å²) in [6.07, 6.45) is 0. The van der Waals surface area contributed by atoms with Gasteiger partial charge in [0, 0.05) is 11.9 Å². The third-order valence-electron chi connectivity index (χ3n) is 2.22. The number of halogens is 2. The average Bonchev–Trinajstić information content (AvgIpc) is 2.75. The summed E-state index contributed by atoms with van der Waals surface area (Å²) in [7, 11) is 1.70. The predicted octanol–water partition coefficient (Wildman–Crippen LogP) is 3.12. The maximum Gasteiger partial charge on any atom is 0.274 e. The minimum absolute atomic E-state index is 0.205. The molecular formula is C11H9Cl2N3OS. The van der Waals surface area contributed by atoms with Crippen molar-refractivity contribution in [2.75, 3.05) is 7.05 Å². The second kappa shape index (κ2) is 5.65. The highest BCUT2D eigenvalue weighted by molar-refractivity contribution is 7.16. The maximum atomic E-state index is 12.0. The molecule has 2 heterocycles. The summed E-state index contributed by atoms with van der Waals surface area (Å²) in [6, 6.07) is 6.79. The first kappa shape index (κ1) is 13.3. The van der Waals surface area contributed by atoms with Crippen molar-refractivity contribution in [2.24, 2.45) is 0 Å². The van der Waals surface area contributed by atoms with E-state index < -0.39 is 0 Å². The van der Waals surface area contributed by atoms with Crippen LogP contribution in [0.15, 0.2) is 24.3 Å². The molecule has 0 aliphatic rings. The molecule has 1 amide bonds. The van der Waals surface area contributed by atoms with Crippen molar-refractivity contribution in [2.45, 2.75) is 6.54 Å². The summed E-state index contributed by atoms with van der Waals surface area (Å²) >= 11 is 12.9. The molecule has 0 unspecified atom stereocenters. The molecule has 94 valence electrons. The Labute approximate surface area is 118 Å². The molecule has 2 aromatic rings. The molecule has 0 aliphatic heterocycles. The molecule has 0 fully saturated rings. The quantitative estimate of drug-likeness (QED) is 0.875. The van der Waals surface area contributed by atoms with Crippen molar-refractivity contribution in [3.8, 4) is 0 Å². The molecule has 7 heteroatoms. The van der Waals surface area contributed by atoms with Crippen molar-refractivity contribution in [1.82, 2.24) is 15.1 Å². The van der Waals surface area contributed by atoms with Crippen LogP contribution >= 0.6 is 34.5 Å². The number of carbonyl (C=O) groups excluding carboxylic acids is 1. The largest absolute Gasteiger partial charge is 0.335 e. The first-order valence-electron chi connectivity index (χ1n) is 5.05. The van der Waals surface area contributed by atoms with Crippen LogP contribution in [-0.4, -0.2) is 28.1 Å². The van der Waals surface area contributed by atoms with Crippen LogP contribution in [-0.2, 0) is 6.54 Å². The molecule has 0 aliphatic carbocycles. The van der Waals surface area contributed by atoms with Gasteiger partial charge in [0.25, 0.3) is 5.91 Å². The van der Waals surface area contributed by atoms with Gasteiger partial charge in [-0.15, -0.1) is 21.5 Å². The lowest BCUT2D eigenvalue weighted by atomic mass is 10.3. The van der Waals surface area contributed by atoms with Crippen LogP contribution in [0.3, 0.4) is 0 Å². The van der Waals surface area contributed by atoms with Crippen LogP contribution in [0.1, 0.15) is 15.4 Å². The molecule has 0 bridgehead atoms. The summed E-state index contributed by atoms with van der Waals surface area (Å²) in [5.41, 5.74) is 0.268. The zero-order chi connectivity index (χ0) is 13.1. The van der Waals surface area contributed by atoms with Gasteiger partial charge in [-0.25, -0.2) is 0 Å². The smallest absolute Gasteiger partial charge is 0.274 e. The zero-order valence-corrected chi connectivity index (χ0v) is 11.8. The Hall–Kier alpha value is -1.17. The van der Waals surface area contributed by atoms with Gasteiger partial charge < -0.3 is 4.90 Å². The molecular weight excluding hydrogens is 293 g/mol. The first-order valence-corrected chi connectivity index (χ1v) is 6.62. The van der Waals surface area contributed by atoms with E-state index in [1.54, 1.807) is 18.0 Å². The summed E-state index contributed by atoms with van der Waals surface area (Å²) in [5.74, 6) is -0.205.